The Hall–Kier alpha value is -1.25. The summed E-state index contributed by atoms with van der Waals surface area (Å²) in [4.78, 5) is 10.8. The maximum absolute atomic E-state index is 10.8. The van der Waals surface area contributed by atoms with Gasteiger partial charge in [-0.25, -0.2) is 0 Å². The van der Waals surface area contributed by atoms with E-state index >= 15 is 0 Å². The van der Waals surface area contributed by atoms with Gasteiger partial charge in [0.05, 0.1) is 0 Å². The molecular weight excluding hydrogens is 178 g/mol. The summed E-state index contributed by atoms with van der Waals surface area (Å²) < 4.78 is 5.53. The van der Waals surface area contributed by atoms with Crippen LogP contribution in [0.1, 0.15) is 32.3 Å². The normalized spacial score (nSPS) is 11.4. The topological polar surface area (TPSA) is 42.2 Å². The Morgan fingerprint density at radius 1 is 1.50 bits per heavy atom. The molecule has 0 radical (unpaired) electrons. The van der Waals surface area contributed by atoms with Crippen molar-refractivity contribution in [3.63, 3.8) is 0 Å². The van der Waals surface area contributed by atoms with Crippen LogP contribution in [0.25, 0.3) is 0 Å². The van der Waals surface area contributed by atoms with E-state index in [4.69, 9.17) is 4.42 Å². The second-order valence-corrected chi connectivity index (χ2v) is 4.20. The SMILES string of the molecule is CC(=O)NCC(C)(C)c1ccc(C)o1. The summed E-state index contributed by atoms with van der Waals surface area (Å²) in [5.74, 6) is 1.79. The van der Waals surface area contributed by atoms with Gasteiger partial charge in [0.25, 0.3) is 0 Å². The van der Waals surface area contributed by atoms with E-state index < -0.39 is 0 Å². The molecule has 78 valence electrons. The van der Waals surface area contributed by atoms with E-state index in [-0.39, 0.29) is 11.3 Å². The minimum atomic E-state index is -0.153. The fraction of sp³-hybridized carbons (Fsp3) is 0.545. The largest absolute Gasteiger partial charge is 0.466 e. The predicted molar refractivity (Wildman–Crippen MR) is 55.2 cm³/mol. The summed E-state index contributed by atoms with van der Waals surface area (Å²) in [6.07, 6.45) is 0. The van der Waals surface area contributed by atoms with Gasteiger partial charge in [-0.3, -0.25) is 4.79 Å². The molecule has 0 saturated carbocycles. The van der Waals surface area contributed by atoms with Crippen molar-refractivity contribution in [2.24, 2.45) is 0 Å². The zero-order valence-electron chi connectivity index (χ0n) is 9.18. The lowest BCUT2D eigenvalue weighted by Crippen LogP contribution is -2.35. The molecule has 0 fully saturated rings. The number of hydrogen-bond donors (Lipinski definition) is 1. The summed E-state index contributed by atoms with van der Waals surface area (Å²) in [5.41, 5.74) is -0.153. The van der Waals surface area contributed by atoms with Crippen LogP contribution in [-0.4, -0.2) is 12.5 Å². The van der Waals surface area contributed by atoms with Crippen LogP contribution in [0.3, 0.4) is 0 Å². The Bertz CT molecular complexity index is 326. The first-order valence-electron chi connectivity index (χ1n) is 4.73. The average Bonchev–Trinajstić information content (AvgIpc) is 2.49. The molecule has 1 amide bonds. The van der Waals surface area contributed by atoms with Crippen LogP contribution in [0.5, 0.6) is 0 Å². The number of carbonyl (C=O) groups is 1. The van der Waals surface area contributed by atoms with Gasteiger partial charge in [-0.1, -0.05) is 13.8 Å². The minimum Gasteiger partial charge on any atom is -0.466 e. The van der Waals surface area contributed by atoms with Crippen LogP contribution < -0.4 is 5.32 Å². The van der Waals surface area contributed by atoms with Crippen molar-refractivity contribution >= 4 is 5.91 Å². The summed E-state index contributed by atoms with van der Waals surface area (Å²) in [6.45, 7) is 8.11. The van der Waals surface area contributed by atoms with Gasteiger partial charge in [0.15, 0.2) is 0 Å². The number of carbonyl (C=O) groups excluding carboxylic acids is 1. The molecule has 3 nitrogen and oxygen atoms in total. The molecule has 1 rings (SSSR count). The van der Waals surface area contributed by atoms with Crippen molar-refractivity contribution in [3.8, 4) is 0 Å². The van der Waals surface area contributed by atoms with Gasteiger partial charge in [-0.05, 0) is 19.1 Å². The van der Waals surface area contributed by atoms with Crippen molar-refractivity contribution in [2.75, 3.05) is 6.54 Å². The first-order valence-corrected chi connectivity index (χ1v) is 4.73. The van der Waals surface area contributed by atoms with E-state index in [0.717, 1.165) is 11.5 Å². The van der Waals surface area contributed by atoms with E-state index in [1.807, 2.05) is 32.9 Å². The molecular formula is C11H17NO2. The van der Waals surface area contributed by atoms with Crippen LogP contribution >= 0.6 is 0 Å². The number of aryl methyl sites for hydroxylation is 1. The van der Waals surface area contributed by atoms with Crippen LogP contribution in [0.4, 0.5) is 0 Å². The van der Waals surface area contributed by atoms with Crippen molar-refractivity contribution in [3.05, 3.63) is 23.7 Å². The van der Waals surface area contributed by atoms with Crippen LogP contribution in [0.15, 0.2) is 16.5 Å². The molecule has 14 heavy (non-hydrogen) atoms. The highest BCUT2D eigenvalue weighted by molar-refractivity contribution is 5.72. The van der Waals surface area contributed by atoms with Gasteiger partial charge in [0, 0.05) is 18.9 Å². The molecule has 0 spiro atoms. The molecule has 0 atom stereocenters. The summed E-state index contributed by atoms with van der Waals surface area (Å²) in [5, 5.41) is 2.79. The molecule has 3 heteroatoms. The predicted octanol–water partition coefficient (Wildman–Crippen LogP) is 2.00. The van der Waals surface area contributed by atoms with Gasteiger partial charge in [0.2, 0.25) is 5.91 Å². The van der Waals surface area contributed by atoms with Crippen molar-refractivity contribution < 1.29 is 9.21 Å². The molecule has 0 aliphatic heterocycles. The highest BCUT2D eigenvalue weighted by Gasteiger charge is 2.24. The summed E-state index contributed by atoms with van der Waals surface area (Å²) in [7, 11) is 0. The third-order valence-corrected chi connectivity index (χ3v) is 2.19. The zero-order valence-corrected chi connectivity index (χ0v) is 9.18. The second kappa shape index (κ2) is 3.86. The Morgan fingerprint density at radius 2 is 2.14 bits per heavy atom. The van der Waals surface area contributed by atoms with E-state index in [1.54, 1.807) is 0 Å². The molecule has 0 aromatic carbocycles. The molecule has 0 saturated heterocycles. The maximum Gasteiger partial charge on any atom is 0.216 e. The van der Waals surface area contributed by atoms with Crippen LogP contribution in [0.2, 0.25) is 0 Å². The second-order valence-electron chi connectivity index (χ2n) is 4.20. The van der Waals surface area contributed by atoms with E-state index in [1.165, 1.54) is 6.92 Å². The van der Waals surface area contributed by atoms with Crippen LogP contribution in [-0.2, 0) is 10.2 Å². The molecule has 1 aromatic heterocycles. The summed E-state index contributed by atoms with van der Waals surface area (Å²) >= 11 is 0. The standard InChI is InChI=1S/C11H17NO2/c1-8-5-6-10(14-8)11(3,4)7-12-9(2)13/h5-6H,7H2,1-4H3,(H,12,13). The first-order chi connectivity index (χ1) is 6.42. The Balaban J connectivity index is 2.69. The number of hydrogen-bond acceptors (Lipinski definition) is 2. The fourth-order valence-electron chi connectivity index (χ4n) is 1.23. The minimum absolute atomic E-state index is 0.0126. The first kappa shape index (κ1) is 10.8. The van der Waals surface area contributed by atoms with Gasteiger partial charge in [0.1, 0.15) is 11.5 Å². The molecule has 1 N–H and O–H groups in total. The highest BCUT2D eigenvalue weighted by atomic mass is 16.3. The monoisotopic (exact) mass is 195 g/mol. The quantitative estimate of drug-likeness (QED) is 0.801. The molecule has 0 aliphatic carbocycles. The highest BCUT2D eigenvalue weighted by Crippen LogP contribution is 2.24. The Kier molecular flexibility index (Phi) is 2.99. The third kappa shape index (κ3) is 2.62. The van der Waals surface area contributed by atoms with E-state index in [0.29, 0.717) is 6.54 Å². The van der Waals surface area contributed by atoms with Crippen molar-refractivity contribution in [2.45, 2.75) is 33.1 Å². The van der Waals surface area contributed by atoms with Gasteiger partial charge >= 0.3 is 0 Å². The lowest BCUT2D eigenvalue weighted by molar-refractivity contribution is -0.119. The number of furan rings is 1. The maximum atomic E-state index is 10.8. The number of rotatable bonds is 3. The fourth-order valence-corrected chi connectivity index (χ4v) is 1.23. The number of amides is 1. The van der Waals surface area contributed by atoms with Crippen molar-refractivity contribution in [1.29, 1.82) is 0 Å². The van der Waals surface area contributed by atoms with Gasteiger partial charge < -0.3 is 9.73 Å². The average molecular weight is 195 g/mol. The van der Waals surface area contributed by atoms with E-state index in [9.17, 15) is 4.79 Å². The molecule has 1 heterocycles. The Labute approximate surface area is 84.5 Å². The van der Waals surface area contributed by atoms with Crippen molar-refractivity contribution in [1.82, 2.24) is 5.32 Å². The smallest absolute Gasteiger partial charge is 0.216 e. The Morgan fingerprint density at radius 3 is 2.57 bits per heavy atom. The zero-order chi connectivity index (χ0) is 10.8. The van der Waals surface area contributed by atoms with Gasteiger partial charge in [-0.2, -0.15) is 0 Å². The molecule has 0 unspecified atom stereocenters. The number of nitrogens with one attached hydrogen (secondary N) is 1. The lowest BCUT2D eigenvalue weighted by atomic mass is 9.90. The summed E-state index contributed by atoms with van der Waals surface area (Å²) in [6, 6.07) is 3.89. The van der Waals surface area contributed by atoms with E-state index in [2.05, 4.69) is 5.32 Å². The molecule has 0 aliphatic rings. The molecule has 1 aromatic rings. The van der Waals surface area contributed by atoms with Gasteiger partial charge in [-0.15, -0.1) is 0 Å². The third-order valence-electron chi connectivity index (χ3n) is 2.19. The molecule has 0 bridgehead atoms. The van der Waals surface area contributed by atoms with Crippen LogP contribution in [0, 0.1) is 6.92 Å². The lowest BCUT2D eigenvalue weighted by Gasteiger charge is -2.21.